The van der Waals surface area contributed by atoms with Crippen molar-refractivity contribution in [2.45, 2.75) is 45.7 Å². The Hall–Kier alpha value is -1.35. The molecule has 0 bridgehead atoms. The van der Waals surface area contributed by atoms with Crippen LogP contribution < -0.4 is 5.32 Å². The molecule has 0 aromatic heterocycles. The minimum Gasteiger partial charge on any atom is -0.465 e. The quantitative estimate of drug-likeness (QED) is 0.755. The molecule has 1 N–H and O–H groups in total. The lowest BCUT2D eigenvalue weighted by Gasteiger charge is -2.16. The van der Waals surface area contributed by atoms with Crippen LogP contribution in [-0.2, 0) is 16.0 Å². The number of rotatable bonds is 7. The van der Waals surface area contributed by atoms with Gasteiger partial charge in [0, 0.05) is 12.1 Å². The van der Waals surface area contributed by atoms with Crippen LogP contribution in [0.5, 0.6) is 0 Å². The van der Waals surface area contributed by atoms with Crippen LogP contribution in [0, 0.1) is 0 Å². The lowest BCUT2D eigenvalue weighted by molar-refractivity contribution is -0.143. The van der Waals surface area contributed by atoms with Crippen molar-refractivity contribution in [3.05, 3.63) is 35.9 Å². The largest absolute Gasteiger partial charge is 0.465 e. The zero-order valence-corrected chi connectivity index (χ0v) is 11.5. The first-order chi connectivity index (χ1) is 8.58. The van der Waals surface area contributed by atoms with Crippen LogP contribution in [0.15, 0.2) is 30.3 Å². The van der Waals surface area contributed by atoms with Crippen LogP contribution in [0.3, 0.4) is 0 Å². The number of esters is 1. The fourth-order valence-corrected chi connectivity index (χ4v) is 1.82. The summed E-state index contributed by atoms with van der Waals surface area (Å²) in [5.74, 6) is -0.155. The number of ether oxygens (including phenoxy) is 1. The molecule has 0 heterocycles. The van der Waals surface area contributed by atoms with Gasteiger partial charge in [0.25, 0.3) is 0 Å². The zero-order valence-electron chi connectivity index (χ0n) is 11.5. The first-order valence-corrected chi connectivity index (χ1v) is 6.53. The summed E-state index contributed by atoms with van der Waals surface area (Å²) in [6, 6.07) is 10.5. The molecule has 0 aliphatic heterocycles. The highest BCUT2D eigenvalue weighted by Gasteiger charge is 2.07. The topological polar surface area (TPSA) is 38.3 Å². The molecule has 1 aromatic carbocycles. The Balaban J connectivity index is 2.18. The monoisotopic (exact) mass is 249 g/mol. The van der Waals surface area contributed by atoms with Gasteiger partial charge in [-0.05, 0) is 18.9 Å². The first-order valence-electron chi connectivity index (χ1n) is 6.53. The van der Waals surface area contributed by atoms with Crippen LogP contribution in [0.4, 0.5) is 0 Å². The van der Waals surface area contributed by atoms with Gasteiger partial charge in [-0.15, -0.1) is 0 Å². The minimum atomic E-state index is -0.155. The maximum Gasteiger partial charge on any atom is 0.310 e. The highest BCUT2D eigenvalue weighted by molar-refractivity contribution is 5.72. The lowest BCUT2D eigenvalue weighted by Crippen LogP contribution is -2.33. The predicted molar refractivity (Wildman–Crippen MR) is 73.5 cm³/mol. The van der Waals surface area contributed by atoms with Gasteiger partial charge in [-0.3, -0.25) is 4.79 Å². The van der Waals surface area contributed by atoms with Gasteiger partial charge in [-0.2, -0.15) is 0 Å². The van der Waals surface area contributed by atoms with Crippen molar-refractivity contribution in [3.8, 4) is 0 Å². The first kappa shape index (κ1) is 14.7. The summed E-state index contributed by atoms with van der Waals surface area (Å²) < 4.78 is 5.22. The Morgan fingerprint density at radius 2 is 1.89 bits per heavy atom. The highest BCUT2D eigenvalue weighted by atomic mass is 16.5. The van der Waals surface area contributed by atoms with E-state index in [1.165, 1.54) is 0 Å². The van der Waals surface area contributed by atoms with Crippen molar-refractivity contribution in [1.82, 2.24) is 5.32 Å². The number of carbonyl (C=O) groups is 1. The summed E-state index contributed by atoms with van der Waals surface area (Å²) >= 11 is 0. The molecule has 18 heavy (non-hydrogen) atoms. The molecule has 0 spiro atoms. The van der Waals surface area contributed by atoms with Crippen LogP contribution in [0.25, 0.3) is 0 Å². The third kappa shape index (κ3) is 6.40. The van der Waals surface area contributed by atoms with E-state index < -0.39 is 0 Å². The van der Waals surface area contributed by atoms with E-state index in [9.17, 15) is 4.79 Å². The van der Waals surface area contributed by atoms with Gasteiger partial charge in [-0.25, -0.2) is 0 Å². The van der Waals surface area contributed by atoms with E-state index in [1.807, 2.05) is 30.3 Å². The summed E-state index contributed by atoms with van der Waals surface area (Å²) in [6.07, 6.45) is 1.20. The highest BCUT2D eigenvalue weighted by Crippen LogP contribution is 2.02. The van der Waals surface area contributed by atoms with Crippen LogP contribution >= 0.6 is 0 Å². The summed E-state index contributed by atoms with van der Waals surface area (Å²) in [6.45, 7) is 6.80. The molecule has 0 radical (unpaired) electrons. The third-order valence-electron chi connectivity index (χ3n) is 2.62. The van der Waals surface area contributed by atoms with Crippen molar-refractivity contribution in [2.75, 3.05) is 6.61 Å². The molecule has 3 nitrogen and oxygen atoms in total. The normalized spacial score (nSPS) is 12.4. The van der Waals surface area contributed by atoms with E-state index in [1.54, 1.807) is 0 Å². The second kappa shape index (κ2) is 7.88. The molecule has 0 fully saturated rings. The molecule has 0 aliphatic rings. The summed E-state index contributed by atoms with van der Waals surface area (Å²) in [7, 11) is 0. The van der Waals surface area contributed by atoms with Gasteiger partial charge >= 0.3 is 5.97 Å². The van der Waals surface area contributed by atoms with Crippen molar-refractivity contribution < 1.29 is 9.53 Å². The van der Waals surface area contributed by atoms with E-state index in [-0.39, 0.29) is 5.97 Å². The molecule has 100 valence electrons. The van der Waals surface area contributed by atoms with Gasteiger partial charge in [-0.1, -0.05) is 44.2 Å². The van der Waals surface area contributed by atoms with Crippen LogP contribution in [0.1, 0.15) is 32.8 Å². The van der Waals surface area contributed by atoms with E-state index in [2.05, 4.69) is 26.1 Å². The fourth-order valence-electron chi connectivity index (χ4n) is 1.82. The number of benzene rings is 1. The number of carbonyl (C=O) groups excluding carboxylic acids is 1. The molecule has 3 heteroatoms. The second-order valence-corrected chi connectivity index (χ2v) is 4.89. The van der Waals surface area contributed by atoms with Gasteiger partial charge < -0.3 is 10.1 Å². The summed E-state index contributed by atoms with van der Waals surface area (Å²) in [5.41, 5.74) is 0.996. The molecule has 0 saturated carbocycles. The molecular formula is C15H23NO2. The van der Waals surface area contributed by atoms with Crippen LogP contribution in [-0.4, -0.2) is 24.7 Å². The standard InChI is InChI=1S/C15H23NO2/c1-12(2)16-13(3)9-10-18-15(17)11-14-7-5-4-6-8-14/h4-8,12-13,16H,9-11H2,1-3H3. The van der Waals surface area contributed by atoms with Crippen molar-refractivity contribution in [1.29, 1.82) is 0 Å². The van der Waals surface area contributed by atoms with E-state index >= 15 is 0 Å². The smallest absolute Gasteiger partial charge is 0.310 e. The van der Waals surface area contributed by atoms with E-state index in [4.69, 9.17) is 4.74 Å². The van der Waals surface area contributed by atoms with E-state index in [0.717, 1.165) is 12.0 Å². The number of nitrogens with one attached hydrogen (secondary N) is 1. The molecule has 1 unspecified atom stereocenters. The molecule has 0 amide bonds. The summed E-state index contributed by atoms with van der Waals surface area (Å²) in [4.78, 5) is 11.6. The summed E-state index contributed by atoms with van der Waals surface area (Å²) in [5, 5.41) is 3.37. The van der Waals surface area contributed by atoms with Gasteiger partial charge in [0.1, 0.15) is 0 Å². The third-order valence-corrected chi connectivity index (χ3v) is 2.62. The van der Waals surface area contributed by atoms with Crippen LogP contribution in [0.2, 0.25) is 0 Å². The van der Waals surface area contributed by atoms with Crippen molar-refractivity contribution >= 4 is 5.97 Å². The maximum atomic E-state index is 11.6. The maximum absolute atomic E-state index is 11.6. The molecule has 0 saturated heterocycles. The van der Waals surface area contributed by atoms with Gasteiger partial charge in [0.2, 0.25) is 0 Å². The fraction of sp³-hybridized carbons (Fsp3) is 0.533. The Bertz CT molecular complexity index is 349. The Labute approximate surface area is 110 Å². The lowest BCUT2D eigenvalue weighted by atomic mass is 10.1. The average Bonchev–Trinajstić information content (AvgIpc) is 2.29. The average molecular weight is 249 g/mol. The number of hydrogen-bond acceptors (Lipinski definition) is 3. The number of hydrogen-bond donors (Lipinski definition) is 1. The van der Waals surface area contributed by atoms with Gasteiger partial charge in [0.05, 0.1) is 13.0 Å². The Morgan fingerprint density at radius 3 is 2.50 bits per heavy atom. The molecule has 0 aliphatic carbocycles. The Kier molecular flexibility index (Phi) is 6.44. The zero-order chi connectivity index (χ0) is 13.4. The van der Waals surface area contributed by atoms with E-state index in [0.29, 0.717) is 25.1 Å². The Morgan fingerprint density at radius 1 is 1.22 bits per heavy atom. The molecular weight excluding hydrogens is 226 g/mol. The van der Waals surface area contributed by atoms with Crippen molar-refractivity contribution in [2.24, 2.45) is 0 Å². The second-order valence-electron chi connectivity index (χ2n) is 4.89. The minimum absolute atomic E-state index is 0.155. The predicted octanol–water partition coefficient (Wildman–Crippen LogP) is 2.55. The van der Waals surface area contributed by atoms with Gasteiger partial charge in [0.15, 0.2) is 0 Å². The molecule has 1 rings (SSSR count). The van der Waals surface area contributed by atoms with Crippen molar-refractivity contribution in [3.63, 3.8) is 0 Å². The SMILES string of the molecule is CC(C)NC(C)CCOC(=O)Cc1ccccc1. The molecule has 1 aromatic rings. The molecule has 1 atom stereocenters.